The second-order valence-corrected chi connectivity index (χ2v) is 4.47. The minimum atomic E-state index is -4.42. The largest absolute Gasteiger partial charge is 0.406 e. The van der Waals surface area contributed by atoms with E-state index in [1.165, 1.54) is 12.1 Å². The molecule has 7 heteroatoms. The Balaban J connectivity index is 3.02. The van der Waals surface area contributed by atoms with Crippen LogP contribution < -0.4 is 5.73 Å². The van der Waals surface area contributed by atoms with Crippen LogP contribution >= 0.6 is 0 Å². The SMILES string of the molecule is CCCN(CC(F)(F)F)C(=O)c1cc(N)nc(CC)c1. The van der Waals surface area contributed by atoms with Crippen LogP contribution in [-0.4, -0.2) is 35.1 Å². The highest BCUT2D eigenvalue weighted by atomic mass is 19.4. The third-order valence-electron chi connectivity index (χ3n) is 2.66. The van der Waals surface area contributed by atoms with Gasteiger partial charge in [0.15, 0.2) is 0 Å². The molecule has 1 aromatic rings. The number of pyridine rings is 1. The predicted molar refractivity (Wildman–Crippen MR) is 70.3 cm³/mol. The first-order chi connectivity index (χ1) is 9.26. The number of aromatic nitrogens is 1. The summed E-state index contributed by atoms with van der Waals surface area (Å²) in [6, 6.07) is 2.79. The third kappa shape index (κ3) is 4.71. The van der Waals surface area contributed by atoms with E-state index < -0.39 is 18.6 Å². The van der Waals surface area contributed by atoms with Gasteiger partial charge in [0.2, 0.25) is 0 Å². The Kier molecular flexibility index (Phi) is 5.35. The van der Waals surface area contributed by atoms with Gasteiger partial charge in [0.25, 0.3) is 5.91 Å². The fraction of sp³-hybridized carbons (Fsp3) is 0.538. The van der Waals surface area contributed by atoms with Gasteiger partial charge in [0, 0.05) is 17.8 Å². The molecule has 0 atom stereocenters. The van der Waals surface area contributed by atoms with E-state index in [1.54, 1.807) is 6.92 Å². The summed E-state index contributed by atoms with van der Waals surface area (Å²) in [6.07, 6.45) is -3.42. The van der Waals surface area contributed by atoms with Gasteiger partial charge < -0.3 is 10.6 Å². The van der Waals surface area contributed by atoms with Gasteiger partial charge in [-0.1, -0.05) is 13.8 Å². The molecule has 112 valence electrons. The zero-order valence-corrected chi connectivity index (χ0v) is 11.5. The van der Waals surface area contributed by atoms with Gasteiger partial charge in [-0.25, -0.2) is 4.98 Å². The number of nitrogens with zero attached hydrogens (tertiary/aromatic N) is 2. The topological polar surface area (TPSA) is 59.2 Å². The highest BCUT2D eigenvalue weighted by molar-refractivity contribution is 5.95. The number of nitrogens with two attached hydrogens (primary N) is 1. The number of carbonyl (C=O) groups excluding carboxylic acids is 1. The first-order valence-corrected chi connectivity index (χ1v) is 6.39. The van der Waals surface area contributed by atoms with Crippen LogP contribution in [0.15, 0.2) is 12.1 Å². The molecule has 1 aromatic heterocycles. The van der Waals surface area contributed by atoms with E-state index >= 15 is 0 Å². The van der Waals surface area contributed by atoms with E-state index in [0.717, 1.165) is 4.90 Å². The maximum atomic E-state index is 12.5. The van der Waals surface area contributed by atoms with Crippen LogP contribution in [0.4, 0.5) is 19.0 Å². The van der Waals surface area contributed by atoms with Gasteiger partial charge in [-0.15, -0.1) is 0 Å². The first-order valence-electron chi connectivity index (χ1n) is 6.39. The van der Waals surface area contributed by atoms with Crippen LogP contribution in [0.5, 0.6) is 0 Å². The van der Waals surface area contributed by atoms with Crippen molar-refractivity contribution in [2.45, 2.75) is 32.9 Å². The highest BCUT2D eigenvalue weighted by Crippen LogP contribution is 2.19. The van der Waals surface area contributed by atoms with Gasteiger partial charge in [0.05, 0.1) is 0 Å². The lowest BCUT2D eigenvalue weighted by atomic mass is 10.1. The van der Waals surface area contributed by atoms with E-state index in [4.69, 9.17) is 5.73 Å². The number of halogens is 3. The van der Waals surface area contributed by atoms with Crippen molar-refractivity contribution in [3.63, 3.8) is 0 Å². The molecule has 1 rings (SSSR count). The monoisotopic (exact) mass is 289 g/mol. The van der Waals surface area contributed by atoms with Gasteiger partial charge in [0.1, 0.15) is 12.4 Å². The Morgan fingerprint density at radius 1 is 1.35 bits per heavy atom. The highest BCUT2D eigenvalue weighted by Gasteiger charge is 2.33. The third-order valence-corrected chi connectivity index (χ3v) is 2.66. The van der Waals surface area contributed by atoms with Crippen molar-refractivity contribution in [3.05, 3.63) is 23.4 Å². The molecule has 0 saturated heterocycles. The lowest BCUT2D eigenvalue weighted by Crippen LogP contribution is -2.39. The number of amides is 1. The summed E-state index contributed by atoms with van der Waals surface area (Å²) >= 11 is 0. The normalized spacial score (nSPS) is 11.4. The smallest absolute Gasteiger partial charge is 0.384 e. The van der Waals surface area contributed by atoms with Crippen LogP contribution in [0.3, 0.4) is 0 Å². The van der Waals surface area contributed by atoms with Crippen molar-refractivity contribution in [1.82, 2.24) is 9.88 Å². The summed E-state index contributed by atoms with van der Waals surface area (Å²) < 4.78 is 37.5. The van der Waals surface area contributed by atoms with Gasteiger partial charge in [-0.05, 0) is 25.0 Å². The molecule has 0 fully saturated rings. The zero-order chi connectivity index (χ0) is 15.3. The Morgan fingerprint density at radius 2 is 2.00 bits per heavy atom. The van der Waals surface area contributed by atoms with Crippen LogP contribution in [0.2, 0.25) is 0 Å². The van der Waals surface area contributed by atoms with Crippen molar-refractivity contribution >= 4 is 11.7 Å². The number of carbonyl (C=O) groups is 1. The van der Waals surface area contributed by atoms with Gasteiger partial charge >= 0.3 is 6.18 Å². The van der Waals surface area contributed by atoms with Gasteiger partial charge in [-0.2, -0.15) is 13.2 Å². The number of rotatable bonds is 5. The van der Waals surface area contributed by atoms with Crippen LogP contribution in [0.25, 0.3) is 0 Å². The minimum Gasteiger partial charge on any atom is -0.384 e. The maximum absolute atomic E-state index is 12.5. The first kappa shape index (κ1) is 16.3. The van der Waals surface area contributed by atoms with Crippen molar-refractivity contribution < 1.29 is 18.0 Å². The number of anilines is 1. The fourth-order valence-corrected chi connectivity index (χ4v) is 1.84. The molecule has 2 N–H and O–H groups in total. The molecule has 20 heavy (non-hydrogen) atoms. The molecule has 0 radical (unpaired) electrons. The van der Waals surface area contributed by atoms with Crippen LogP contribution in [0, 0.1) is 0 Å². The van der Waals surface area contributed by atoms with Crippen molar-refractivity contribution in [2.75, 3.05) is 18.8 Å². The molecule has 4 nitrogen and oxygen atoms in total. The zero-order valence-electron chi connectivity index (χ0n) is 11.5. The molecule has 0 bridgehead atoms. The van der Waals surface area contributed by atoms with E-state index in [9.17, 15) is 18.0 Å². The lowest BCUT2D eigenvalue weighted by molar-refractivity contribution is -0.140. The average molecular weight is 289 g/mol. The summed E-state index contributed by atoms with van der Waals surface area (Å²) in [5, 5.41) is 0. The molecular weight excluding hydrogens is 271 g/mol. The number of nitrogen functional groups attached to an aromatic ring is 1. The molecule has 0 aliphatic carbocycles. The second kappa shape index (κ2) is 6.58. The second-order valence-electron chi connectivity index (χ2n) is 4.47. The molecule has 0 aliphatic rings. The molecule has 0 unspecified atom stereocenters. The van der Waals surface area contributed by atoms with E-state index in [1.807, 2.05) is 6.92 Å². The fourth-order valence-electron chi connectivity index (χ4n) is 1.84. The van der Waals surface area contributed by atoms with E-state index in [-0.39, 0.29) is 17.9 Å². The number of hydrogen-bond donors (Lipinski definition) is 1. The lowest BCUT2D eigenvalue weighted by Gasteiger charge is -2.23. The van der Waals surface area contributed by atoms with Crippen molar-refractivity contribution in [3.8, 4) is 0 Å². The van der Waals surface area contributed by atoms with Crippen LogP contribution in [-0.2, 0) is 6.42 Å². The molecule has 0 aliphatic heterocycles. The standard InChI is InChI=1S/C13H18F3N3O/c1-3-5-19(8-13(14,15)16)12(20)9-6-10(4-2)18-11(17)7-9/h6-7H,3-5,8H2,1-2H3,(H2,17,18). The van der Waals surface area contributed by atoms with Crippen molar-refractivity contribution in [2.24, 2.45) is 0 Å². The summed E-state index contributed by atoms with van der Waals surface area (Å²) in [4.78, 5) is 17.0. The Morgan fingerprint density at radius 3 is 2.50 bits per heavy atom. The number of alkyl halides is 3. The number of hydrogen-bond acceptors (Lipinski definition) is 3. The average Bonchev–Trinajstić information content (AvgIpc) is 2.35. The Labute approximate surface area is 115 Å². The van der Waals surface area contributed by atoms with E-state index in [0.29, 0.717) is 18.5 Å². The maximum Gasteiger partial charge on any atom is 0.406 e. The quantitative estimate of drug-likeness (QED) is 0.906. The molecule has 1 heterocycles. The van der Waals surface area contributed by atoms with E-state index in [2.05, 4.69) is 4.98 Å². The molecule has 0 saturated carbocycles. The Hall–Kier alpha value is -1.79. The number of aryl methyl sites for hydroxylation is 1. The summed E-state index contributed by atoms with van der Waals surface area (Å²) in [5.74, 6) is -0.538. The summed E-state index contributed by atoms with van der Waals surface area (Å²) in [5.41, 5.74) is 6.30. The molecule has 1 amide bonds. The summed E-state index contributed by atoms with van der Waals surface area (Å²) in [6.45, 7) is 2.33. The molecule has 0 spiro atoms. The summed E-state index contributed by atoms with van der Waals surface area (Å²) in [7, 11) is 0. The Bertz CT molecular complexity index is 474. The van der Waals surface area contributed by atoms with Gasteiger partial charge in [-0.3, -0.25) is 4.79 Å². The minimum absolute atomic E-state index is 0.0437. The molecular formula is C13H18F3N3O. The predicted octanol–water partition coefficient (Wildman–Crippen LogP) is 2.64. The molecule has 0 aromatic carbocycles. The van der Waals surface area contributed by atoms with Crippen molar-refractivity contribution in [1.29, 1.82) is 0 Å². The van der Waals surface area contributed by atoms with Crippen LogP contribution in [0.1, 0.15) is 36.3 Å².